The van der Waals surface area contributed by atoms with Gasteiger partial charge in [-0.15, -0.1) is 0 Å². The lowest BCUT2D eigenvalue weighted by Gasteiger charge is -2.13. The highest BCUT2D eigenvalue weighted by atomic mass is 32.2. The monoisotopic (exact) mass is 458 g/mol. The van der Waals surface area contributed by atoms with Crippen molar-refractivity contribution in [3.63, 3.8) is 0 Å². The van der Waals surface area contributed by atoms with Gasteiger partial charge in [0.05, 0.1) is 35.2 Å². The summed E-state index contributed by atoms with van der Waals surface area (Å²) in [6.07, 6.45) is 0. The standard InChI is InChI=1S/C25H22N4O3S/c1-17(18-8-4-3-5-9-18)27-28-23(30)16-33-25-26-22-11-7-6-10-21(22)24(31)29(25)19-12-14-20(32-2)15-13-19/h3-15H,16H2,1-2H3,(H,28,30). The number of benzene rings is 3. The third-order valence-electron chi connectivity index (χ3n) is 4.95. The van der Waals surface area contributed by atoms with Crippen molar-refractivity contribution in [1.82, 2.24) is 15.0 Å². The summed E-state index contributed by atoms with van der Waals surface area (Å²) in [4.78, 5) is 30.4. The molecule has 1 aromatic heterocycles. The van der Waals surface area contributed by atoms with Crippen LogP contribution in [-0.4, -0.2) is 34.0 Å². The van der Waals surface area contributed by atoms with Gasteiger partial charge < -0.3 is 4.74 Å². The summed E-state index contributed by atoms with van der Waals surface area (Å²) in [5.41, 5.74) is 5.22. The van der Waals surface area contributed by atoms with E-state index in [9.17, 15) is 9.59 Å². The van der Waals surface area contributed by atoms with E-state index in [4.69, 9.17) is 4.74 Å². The van der Waals surface area contributed by atoms with E-state index in [0.29, 0.717) is 33.2 Å². The first kappa shape index (κ1) is 22.3. The zero-order chi connectivity index (χ0) is 23.2. The highest BCUT2D eigenvalue weighted by Gasteiger charge is 2.15. The van der Waals surface area contributed by atoms with E-state index in [-0.39, 0.29) is 17.2 Å². The summed E-state index contributed by atoms with van der Waals surface area (Å²) in [6.45, 7) is 1.83. The van der Waals surface area contributed by atoms with E-state index in [1.165, 1.54) is 16.3 Å². The van der Waals surface area contributed by atoms with E-state index >= 15 is 0 Å². The normalized spacial score (nSPS) is 11.4. The molecule has 0 fully saturated rings. The summed E-state index contributed by atoms with van der Waals surface area (Å²) in [7, 11) is 1.58. The minimum Gasteiger partial charge on any atom is -0.497 e. The van der Waals surface area contributed by atoms with Gasteiger partial charge in [0.25, 0.3) is 11.5 Å². The number of para-hydroxylation sites is 1. The Morgan fingerprint density at radius 2 is 1.73 bits per heavy atom. The van der Waals surface area contributed by atoms with Crippen molar-refractivity contribution in [2.75, 3.05) is 12.9 Å². The van der Waals surface area contributed by atoms with Gasteiger partial charge in [-0.3, -0.25) is 14.2 Å². The fourth-order valence-corrected chi connectivity index (χ4v) is 4.03. The number of fused-ring (bicyclic) bond motifs is 1. The van der Waals surface area contributed by atoms with Crippen LogP contribution in [0.15, 0.2) is 93.9 Å². The Morgan fingerprint density at radius 1 is 1.03 bits per heavy atom. The number of hydrogen-bond donors (Lipinski definition) is 1. The summed E-state index contributed by atoms with van der Waals surface area (Å²) < 4.78 is 6.73. The molecule has 0 spiro atoms. The minimum absolute atomic E-state index is 0.0481. The number of carbonyl (C=O) groups is 1. The van der Waals surface area contributed by atoms with Crippen LogP contribution in [0.25, 0.3) is 16.6 Å². The van der Waals surface area contributed by atoms with Crippen LogP contribution in [0.2, 0.25) is 0 Å². The SMILES string of the molecule is COc1ccc(-n2c(SCC(=O)NN=C(C)c3ccccc3)nc3ccccc3c2=O)cc1. The van der Waals surface area contributed by atoms with Crippen molar-refractivity contribution in [3.8, 4) is 11.4 Å². The number of nitrogens with zero attached hydrogens (tertiary/aromatic N) is 3. The Balaban J connectivity index is 1.60. The Labute approximate surface area is 195 Å². The Morgan fingerprint density at radius 3 is 2.45 bits per heavy atom. The van der Waals surface area contributed by atoms with E-state index in [0.717, 1.165) is 5.56 Å². The average Bonchev–Trinajstić information content (AvgIpc) is 2.87. The van der Waals surface area contributed by atoms with Crippen LogP contribution in [0.4, 0.5) is 0 Å². The topological polar surface area (TPSA) is 85.6 Å². The smallest absolute Gasteiger partial charge is 0.266 e. The zero-order valence-electron chi connectivity index (χ0n) is 18.2. The number of ether oxygens (including phenoxy) is 1. The molecule has 4 rings (SSSR count). The summed E-state index contributed by atoms with van der Waals surface area (Å²) >= 11 is 1.18. The number of rotatable bonds is 7. The highest BCUT2D eigenvalue weighted by Crippen LogP contribution is 2.22. The van der Waals surface area contributed by atoms with Crippen LogP contribution in [0.1, 0.15) is 12.5 Å². The summed E-state index contributed by atoms with van der Waals surface area (Å²) in [5.74, 6) is 0.437. The second kappa shape index (κ2) is 10.1. The Hall–Kier alpha value is -3.91. The quantitative estimate of drug-likeness (QED) is 0.196. The molecule has 0 unspecified atom stereocenters. The fourth-order valence-electron chi connectivity index (χ4n) is 3.22. The van der Waals surface area contributed by atoms with Gasteiger partial charge in [0, 0.05) is 0 Å². The van der Waals surface area contributed by atoms with Gasteiger partial charge in [0.15, 0.2) is 5.16 Å². The molecule has 1 amide bonds. The molecule has 0 radical (unpaired) electrons. The van der Waals surface area contributed by atoms with Crippen LogP contribution in [0.3, 0.4) is 0 Å². The van der Waals surface area contributed by atoms with Crippen LogP contribution in [0, 0.1) is 0 Å². The predicted molar refractivity (Wildman–Crippen MR) is 131 cm³/mol. The molecular formula is C25H22N4O3S. The molecule has 3 aromatic carbocycles. The molecule has 1 N–H and O–H groups in total. The average molecular weight is 459 g/mol. The predicted octanol–water partition coefficient (Wildman–Crippen LogP) is 4.03. The lowest BCUT2D eigenvalue weighted by atomic mass is 10.1. The molecule has 0 saturated heterocycles. The van der Waals surface area contributed by atoms with Crippen molar-refractivity contribution in [2.24, 2.45) is 5.10 Å². The molecule has 0 aliphatic heterocycles. The van der Waals surface area contributed by atoms with Gasteiger partial charge in [-0.25, -0.2) is 10.4 Å². The number of thioether (sulfide) groups is 1. The lowest BCUT2D eigenvalue weighted by Crippen LogP contribution is -2.24. The number of aromatic nitrogens is 2. The molecule has 166 valence electrons. The Kier molecular flexibility index (Phi) is 6.85. The molecule has 33 heavy (non-hydrogen) atoms. The van der Waals surface area contributed by atoms with Crippen molar-refractivity contribution in [3.05, 3.63) is 94.8 Å². The number of carbonyl (C=O) groups excluding carboxylic acids is 1. The van der Waals surface area contributed by atoms with Gasteiger partial charge in [0.1, 0.15) is 5.75 Å². The van der Waals surface area contributed by atoms with Gasteiger partial charge in [-0.2, -0.15) is 5.10 Å². The number of hydrazone groups is 1. The third kappa shape index (κ3) is 5.12. The number of nitrogens with one attached hydrogen (secondary N) is 1. The van der Waals surface area contributed by atoms with Gasteiger partial charge in [-0.1, -0.05) is 54.2 Å². The molecule has 1 heterocycles. The first-order valence-electron chi connectivity index (χ1n) is 10.2. The molecular weight excluding hydrogens is 436 g/mol. The first-order chi connectivity index (χ1) is 16.1. The number of methoxy groups -OCH3 is 1. The molecule has 0 saturated carbocycles. The van der Waals surface area contributed by atoms with E-state index in [1.807, 2.05) is 43.3 Å². The Bertz CT molecular complexity index is 1370. The largest absolute Gasteiger partial charge is 0.497 e. The van der Waals surface area contributed by atoms with Crippen LogP contribution < -0.4 is 15.7 Å². The molecule has 8 heteroatoms. The fraction of sp³-hybridized carbons (Fsp3) is 0.120. The summed E-state index contributed by atoms with van der Waals surface area (Å²) in [6, 6.07) is 23.9. The molecule has 0 atom stereocenters. The second-order valence-corrected chi connectivity index (χ2v) is 8.08. The zero-order valence-corrected chi connectivity index (χ0v) is 19.0. The van der Waals surface area contributed by atoms with Gasteiger partial charge in [0.2, 0.25) is 0 Å². The van der Waals surface area contributed by atoms with E-state index < -0.39 is 0 Å². The highest BCUT2D eigenvalue weighted by molar-refractivity contribution is 7.99. The number of hydrogen-bond acceptors (Lipinski definition) is 6. The molecule has 0 aliphatic rings. The van der Waals surface area contributed by atoms with Gasteiger partial charge in [-0.05, 0) is 48.9 Å². The van der Waals surface area contributed by atoms with E-state index in [1.54, 1.807) is 49.6 Å². The van der Waals surface area contributed by atoms with Crippen molar-refractivity contribution < 1.29 is 9.53 Å². The molecule has 7 nitrogen and oxygen atoms in total. The van der Waals surface area contributed by atoms with Gasteiger partial charge >= 0.3 is 0 Å². The van der Waals surface area contributed by atoms with Crippen molar-refractivity contribution in [1.29, 1.82) is 0 Å². The maximum Gasteiger partial charge on any atom is 0.266 e. The first-order valence-corrected chi connectivity index (χ1v) is 11.2. The van der Waals surface area contributed by atoms with Crippen molar-refractivity contribution in [2.45, 2.75) is 12.1 Å². The van der Waals surface area contributed by atoms with E-state index in [2.05, 4.69) is 15.5 Å². The maximum atomic E-state index is 13.3. The number of amides is 1. The maximum absolute atomic E-state index is 13.3. The second-order valence-electron chi connectivity index (χ2n) is 7.14. The van der Waals surface area contributed by atoms with Crippen LogP contribution >= 0.6 is 11.8 Å². The minimum atomic E-state index is -0.293. The van der Waals surface area contributed by atoms with Crippen LogP contribution in [0.5, 0.6) is 5.75 Å². The summed E-state index contributed by atoms with van der Waals surface area (Å²) in [5, 5.41) is 5.10. The molecule has 4 aromatic rings. The third-order valence-corrected chi connectivity index (χ3v) is 5.89. The van der Waals surface area contributed by atoms with Crippen LogP contribution in [-0.2, 0) is 4.79 Å². The lowest BCUT2D eigenvalue weighted by molar-refractivity contribution is -0.118. The molecule has 0 aliphatic carbocycles. The molecule has 0 bridgehead atoms. The van der Waals surface area contributed by atoms with Crippen molar-refractivity contribution >= 4 is 34.3 Å².